The summed E-state index contributed by atoms with van der Waals surface area (Å²) < 4.78 is 7.71. The Kier molecular flexibility index (Phi) is 7.22. The molecule has 0 bridgehead atoms. The van der Waals surface area contributed by atoms with Gasteiger partial charge in [-0.15, -0.1) is 12.4 Å². The zero-order chi connectivity index (χ0) is 14.5. The summed E-state index contributed by atoms with van der Waals surface area (Å²) in [5, 5.41) is 0. The highest BCUT2D eigenvalue weighted by Gasteiger charge is 2.25. The molecule has 1 aromatic heterocycles. The lowest BCUT2D eigenvalue weighted by atomic mass is 10.1. The fourth-order valence-corrected chi connectivity index (χ4v) is 2.55. The first-order valence-electron chi connectivity index (χ1n) is 7.36. The molecule has 2 rings (SSSR count). The normalized spacial score (nSPS) is 15.9. The Morgan fingerprint density at radius 1 is 1.38 bits per heavy atom. The van der Waals surface area contributed by atoms with Crippen molar-refractivity contribution in [1.82, 2.24) is 9.47 Å². The summed E-state index contributed by atoms with van der Waals surface area (Å²) in [6.45, 7) is 4.96. The predicted molar refractivity (Wildman–Crippen MR) is 85.9 cm³/mol. The van der Waals surface area contributed by atoms with Gasteiger partial charge in [-0.2, -0.15) is 0 Å². The first-order chi connectivity index (χ1) is 9.63. The number of piperidine rings is 1. The second-order valence-electron chi connectivity index (χ2n) is 5.42. The third kappa shape index (κ3) is 4.46. The van der Waals surface area contributed by atoms with Crippen LogP contribution in [-0.2, 0) is 11.8 Å². The number of ether oxygens (including phenoxy) is 1. The van der Waals surface area contributed by atoms with Gasteiger partial charge in [0, 0.05) is 32.4 Å². The second kappa shape index (κ2) is 8.41. The monoisotopic (exact) mass is 315 g/mol. The molecule has 1 amide bonds. The van der Waals surface area contributed by atoms with Gasteiger partial charge in [-0.05, 0) is 44.9 Å². The van der Waals surface area contributed by atoms with Crippen molar-refractivity contribution in [2.45, 2.75) is 32.3 Å². The minimum atomic E-state index is 0. The molecule has 1 aliphatic heterocycles. The molecule has 0 spiro atoms. The van der Waals surface area contributed by atoms with E-state index in [-0.39, 0.29) is 24.4 Å². The molecule has 5 nitrogen and oxygen atoms in total. The number of hydrogen-bond donors (Lipinski definition) is 1. The highest BCUT2D eigenvalue weighted by Crippen LogP contribution is 2.17. The van der Waals surface area contributed by atoms with Crippen LogP contribution in [0.5, 0.6) is 0 Å². The van der Waals surface area contributed by atoms with E-state index in [0.29, 0.717) is 6.54 Å². The van der Waals surface area contributed by atoms with E-state index in [1.54, 1.807) is 0 Å². The lowest BCUT2D eigenvalue weighted by Gasteiger charge is -2.32. The molecule has 0 aliphatic carbocycles. The first kappa shape index (κ1) is 18.0. The number of rotatable bonds is 5. The average molecular weight is 316 g/mol. The van der Waals surface area contributed by atoms with Gasteiger partial charge in [-0.25, -0.2) is 0 Å². The van der Waals surface area contributed by atoms with Crippen molar-refractivity contribution in [2.24, 2.45) is 12.8 Å². The molecule has 1 fully saturated rings. The quantitative estimate of drug-likeness (QED) is 0.842. The maximum atomic E-state index is 12.4. The summed E-state index contributed by atoms with van der Waals surface area (Å²) in [6, 6.07) is 3.89. The Morgan fingerprint density at radius 3 is 2.57 bits per heavy atom. The smallest absolute Gasteiger partial charge is 0.270 e. The Bertz CT molecular complexity index is 454. The van der Waals surface area contributed by atoms with Gasteiger partial charge >= 0.3 is 0 Å². The Morgan fingerprint density at radius 2 is 2.05 bits per heavy atom. The molecular formula is C15H26ClN3O2. The van der Waals surface area contributed by atoms with Crippen molar-refractivity contribution >= 4 is 18.3 Å². The summed E-state index contributed by atoms with van der Waals surface area (Å²) in [6.07, 6.45) is 3.02. The maximum Gasteiger partial charge on any atom is 0.270 e. The van der Waals surface area contributed by atoms with Crippen molar-refractivity contribution in [3.8, 4) is 0 Å². The Labute approximate surface area is 132 Å². The van der Waals surface area contributed by atoms with Gasteiger partial charge in [0.2, 0.25) is 0 Å². The van der Waals surface area contributed by atoms with Crippen LogP contribution in [0.4, 0.5) is 0 Å². The number of nitrogens with two attached hydrogens (primary N) is 1. The first-order valence-corrected chi connectivity index (χ1v) is 7.36. The molecule has 1 aromatic rings. The molecule has 0 radical (unpaired) electrons. The van der Waals surface area contributed by atoms with Crippen LogP contribution in [0.25, 0.3) is 0 Å². The van der Waals surface area contributed by atoms with E-state index in [1.165, 1.54) is 0 Å². The van der Waals surface area contributed by atoms with Gasteiger partial charge in [-0.3, -0.25) is 4.79 Å². The number of aryl methyl sites for hydroxylation is 1. The number of hydrogen-bond acceptors (Lipinski definition) is 3. The predicted octanol–water partition coefficient (Wildman–Crippen LogP) is 1.73. The summed E-state index contributed by atoms with van der Waals surface area (Å²) in [5.41, 5.74) is 7.32. The molecule has 1 aliphatic rings. The van der Waals surface area contributed by atoms with E-state index in [9.17, 15) is 4.79 Å². The van der Waals surface area contributed by atoms with Crippen molar-refractivity contribution in [3.63, 3.8) is 0 Å². The number of nitrogens with zero attached hydrogens (tertiary/aromatic N) is 2. The molecule has 1 saturated heterocycles. The zero-order valence-electron chi connectivity index (χ0n) is 12.9. The van der Waals surface area contributed by atoms with Gasteiger partial charge in [0.05, 0.1) is 6.10 Å². The van der Waals surface area contributed by atoms with Crippen LogP contribution in [0.15, 0.2) is 12.1 Å². The fraction of sp³-hybridized carbons (Fsp3) is 0.667. The van der Waals surface area contributed by atoms with Crippen LogP contribution >= 0.6 is 12.4 Å². The van der Waals surface area contributed by atoms with E-state index in [4.69, 9.17) is 10.5 Å². The Balaban J connectivity index is 0.00000220. The summed E-state index contributed by atoms with van der Waals surface area (Å²) >= 11 is 0. The number of halogens is 1. The van der Waals surface area contributed by atoms with Crippen molar-refractivity contribution in [1.29, 1.82) is 0 Å². The maximum absolute atomic E-state index is 12.4. The number of carbonyl (C=O) groups excluding carboxylic acids is 1. The summed E-state index contributed by atoms with van der Waals surface area (Å²) in [7, 11) is 1.94. The van der Waals surface area contributed by atoms with Gasteiger partial charge in [0.15, 0.2) is 0 Å². The SMILES string of the molecule is Cc1ccc(C(=O)N2CCC(OCCCN)CC2)n1C.Cl. The number of likely N-dealkylation sites (tertiary alicyclic amines) is 1. The van der Waals surface area contributed by atoms with Crippen LogP contribution in [0.3, 0.4) is 0 Å². The number of amides is 1. The van der Waals surface area contributed by atoms with Gasteiger partial charge < -0.3 is 19.9 Å². The van der Waals surface area contributed by atoms with Crippen molar-refractivity contribution < 1.29 is 9.53 Å². The molecule has 0 saturated carbocycles. The number of aromatic nitrogens is 1. The minimum absolute atomic E-state index is 0. The van der Waals surface area contributed by atoms with Crippen molar-refractivity contribution in [2.75, 3.05) is 26.2 Å². The van der Waals surface area contributed by atoms with Crippen LogP contribution in [0.1, 0.15) is 35.4 Å². The largest absolute Gasteiger partial charge is 0.378 e. The molecule has 0 atom stereocenters. The molecule has 120 valence electrons. The van der Waals surface area contributed by atoms with Crippen LogP contribution in [0, 0.1) is 6.92 Å². The standard InChI is InChI=1S/C15H25N3O2.ClH/c1-12-4-5-14(17(12)2)15(19)18-9-6-13(7-10-18)20-11-3-8-16;/h4-5,13H,3,6-11,16H2,1-2H3;1H. The van der Waals surface area contributed by atoms with E-state index >= 15 is 0 Å². The lowest BCUT2D eigenvalue weighted by molar-refractivity contribution is 0.00819. The molecular weight excluding hydrogens is 290 g/mol. The fourth-order valence-electron chi connectivity index (χ4n) is 2.55. The van der Waals surface area contributed by atoms with Crippen LogP contribution < -0.4 is 5.73 Å². The third-order valence-corrected chi connectivity index (χ3v) is 4.02. The molecule has 0 aromatic carbocycles. The van der Waals surface area contributed by atoms with Gasteiger partial charge in [-0.1, -0.05) is 0 Å². The molecule has 2 N–H and O–H groups in total. The molecule has 21 heavy (non-hydrogen) atoms. The van der Waals surface area contributed by atoms with Crippen LogP contribution in [-0.4, -0.2) is 47.7 Å². The summed E-state index contributed by atoms with van der Waals surface area (Å²) in [5.74, 6) is 0.126. The molecule has 2 heterocycles. The van der Waals surface area contributed by atoms with Crippen LogP contribution in [0.2, 0.25) is 0 Å². The summed E-state index contributed by atoms with van der Waals surface area (Å²) in [4.78, 5) is 14.4. The molecule has 6 heteroatoms. The lowest BCUT2D eigenvalue weighted by Crippen LogP contribution is -2.41. The van der Waals surface area contributed by atoms with E-state index in [2.05, 4.69) is 0 Å². The van der Waals surface area contributed by atoms with E-state index < -0.39 is 0 Å². The van der Waals surface area contributed by atoms with Gasteiger partial charge in [0.25, 0.3) is 5.91 Å². The highest BCUT2D eigenvalue weighted by molar-refractivity contribution is 5.93. The second-order valence-corrected chi connectivity index (χ2v) is 5.42. The number of carbonyl (C=O) groups is 1. The zero-order valence-corrected chi connectivity index (χ0v) is 13.7. The highest BCUT2D eigenvalue weighted by atomic mass is 35.5. The van der Waals surface area contributed by atoms with E-state index in [1.807, 2.05) is 35.6 Å². The van der Waals surface area contributed by atoms with E-state index in [0.717, 1.165) is 50.3 Å². The average Bonchev–Trinajstić information content (AvgIpc) is 2.79. The Hall–Kier alpha value is -1.04. The molecule has 0 unspecified atom stereocenters. The van der Waals surface area contributed by atoms with Crippen molar-refractivity contribution in [3.05, 3.63) is 23.5 Å². The topological polar surface area (TPSA) is 60.5 Å². The van der Waals surface area contributed by atoms with Gasteiger partial charge in [0.1, 0.15) is 5.69 Å². The third-order valence-electron chi connectivity index (χ3n) is 4.02. The minimum Gasteiger partial charge on any atom is -0.378 e.